The minimum atomic E-state index is 0. The molecular formula is C12H21ClN2. The van der Waals surface area contributed by atoms with Gasteiger partial charge in [-0.1, -0.05) is 24.6 Å². The summed E-state index contributed by atoms with van der Waals surface area (Å²) in [6, 6.07) is 7.80. The highest BCUT2D eigenvalue weighted by atomic mass is 35.5. The van der Waals surface area contributed by atoms with Crippen LogP contribution in [-0.2, 0) is 0 Å². The summed E-state index contributed by atoms with van der Waals surface area (Å²) in [5.74, 6) is 0. The highest BCUT2D eigenvalue weighted by molar-refractivity contribution is 5.85. The third-order valence-corrected chi connectivity index (χ3v) is 2.40. The maximum atomic E-state index is 5.52. The monoisotopic (exact) mass is 228 g/mol. The second kappa shape index (κ2) is 8.57. The van der Waals surface area contributed by atoms with E-state index >= 15 is 0 Å². The number of halogens is 1. The van der Waals surface area contributed by atoms with E-state index in [0.717, 1.165) is 11.3 Å². The number of piperidine rings is 1. The molecule has 0 radical (unpaired) electrons. The second-order valence-corrected chi connectivity index (χ2v) is 3.67. The molecule has 86 valence electrons. The molecule has 1 aliphatic rings. The lowest BCUT2D eigenvalue weighted by Crippen LogP contribution is -2.21. The van der Waals surface area contributed by atoms with E-state index in [1.54, 1.807) is 0 Å². The average Bonchev–Trinajstić information content (AvgIpc) is 2.26. The minimum Gasteiger partial charge on any atom is -0.399 e. The van der Waals surface area contributed by atoms with Gasteiger partial charge in [-0.2, -0.15) is 0 Å². The van der Waals surface area contributed by atoms with Crippen LogP contribution in [0.5, 0.6) is 0 Å². The summed E-state index contributed by atoms with van der Waals surface area (Å²) >= 11 is 0. The number of para-hydroxylation sites is 1. The molecule has 3 heteroatoms. The van der Waals surface area contributed by atoms with E-state index in [4.69, 9.17) is 5.73 Å². The average molecular weight is 229 g/mol. The quantitative estimate of drug-likeness (QED) is 0.671. The Balaban J connectivity index is 0.000000253. The van der Waals surface area contributed by atoms with Gasteiger partial charge in [0.1, 0.15) is 0 Å². The van der Waals surface area contributed by atoms with Gasteiger partial charge in [-0.3, -0.25) is 0 Å². The van der Waals surface area contributed by atoms with E-state index in [9.17, 15) is 0 Å². The third-order valence-electron chi connectivity index (χ3n) is 2.40. The third kappa shape index (κ3) is 6.37. The zero-order valence-corrected chi connectivity index (χ0v) is 10.1. The van der Waals surface area contributed by atoms with Gasteiger partial charge in [0.25, 0.3) is 0 Å². The molecule has 0 bridgehead atoms. The summed E-state index contributed by atoms with van der Waals surface area (Å²) in [6.07, 6.45) is 4.22. The summed E-state index contributed by atoms with van der Waals surface area (Å²) in [4.78, 5) is 0. The van der Waals surface area contributed by atoms with Crippen molar-refractivity contribution in [3.63, 3.8) is 0 Å². The van der Waals surface area contributed by atoms with Gasteiger partial charge >= 0.3 is 0 Å². The molecule has 2 nitrogen and oxygen atoms in total. The molecule has 1 saturated heterocycles. The second-order valence-electron chi connectivity index (χ2n) is 3.67. The van der Waals surface area contributed by atoms with Crippen LogP contribution in [0, 0.1) is 6.92 Å². The molecule has 0 unspecified atom stereocenters. The summed E-state index contributed by atoms with van der Waals surface area (Å²) < 4.78 is 0. The molecule has 0 aromatic heterocycles. The summed E-state index contributed by atoms with van der Waals surface area (Å²) in [7, 11) is 0. The van der Waals surface area contributed by atoms with Crippen molar-refractivity contribution in [3.05, 3.63) is 29.8 Å². The number of hydrogen-bond acceptors (Lipinski definition) is 2. The van der Waals surface area contributed by atoms with Gasteiger partial charge in [0, 0.05) is 5.69 Å². The van der Waals surface area contributed by atoms with Crippen LogP contribution in [0.1, 0.15) is 24.8 Å². The van der Waals surface area contributed by atoms with E-state index in [1.165, 1.54) is 32.4 Å². The van der Waals surface area contributed by atoms with Crippen LogP contribution in [0.15, 0.2) is 24.3 Å². The van der Waals surface area contributed by atoms with E-state index in [-0.39, 0.29) is 12.4 Å². The molecule has 0 saturated carbocycles. The van der Waals surface area contributed by atoms with Crippen LogP contribution in [-0.4, -0.2) is 13.1 Å². The fourth-order valence-electron chi connectivity index (χ4n) is 1.39. The summed E-state index contributed by atoms with van der Waals surface area (Å²) in [5, 5.41) is 3.28. The van der Waals surface area contributed by atoms with Crippen molar-refractivity contribution in [3.8, 4) is 0 Å². The Morgan fingerprint density at radius 3 is 1.93 bits per heavy atom. The fourth-order valence-corrected chi connectivity index (χ4v) is 1.39. The standard InChI is InChI=1S/C7H9N.C5H11N.ClH/c1-6-4-2-3-5-7(6)8;1-2-4-6-5-3-1;/h2-5H,8H2,1H3;6H,1-5H2;1H. The Morgan fingerprint density at radius 2 is 1.67 bits per heavy atom. The first-order chi connectivity index (χ1) is 6.80. The Bertz CT molecular complexity index is 227. The van der Waals surface area contributed by atoms with Gasteiger partial charge in [-0.15, -0.1) is 12.4 Å². The van der Waals surface area contributed by atoms with Crippen LogP contribution in [0.3, 0.4) is 0 Å². The van der Waals surface area contributed by atoms with Gasteiger partial charge in [0.15, 0.2) is 0 Å². The molecule has 1 aromatic carbocycles. The summed E-state index contributed by atoms with van der Waals surface area (Å²) in [5.41, 5.74) is 7.53. The lowest BCUT2D eigenvalue weighted by molar-refractivity contribution is 0.520. The first kappa shape index (κ1) is 14.3. The van der Waals surface area contributed by atoms with E-state index in [1.807, 2.05) is 31.2 Å². The number of nitrogens with one attached hydrogen (secondary N) is 1. The molecule has 0 spiro atoms. The molecule has 2 rings (SSSR count). The molecular weight excluding hydrogens is 208 g/mol. The molecule has 3 N–H and O–H groups in total. The first-order valence-corrected chi connectivity index (χ1v) is 5.32. The van der Waals surface area contributed by atoms with E-state index < -0.39 is 0 Å². The Labute approximate surface area is 98.7 Å². The van der Waals surface area contributed by atoms with Crippen molar-refractivity contribution in [1.29, 1.82) is 0 Å². The lowest BCUT2D eigenvalue weighted by Gasteiger charge is -2.08. The van der Waals surface area contributed by atoms with Crippen LogP contribution < -0.4 is 11.1 Å². The predicted molar refractivity (Wildman–Crippen MR) is 69.6 cm³/mol. The number of anilines is 1. The summed E-state index contributed by atoms with van der Waals surface area (Å²) in [6.45, 7) is 4.50. The van der Waals surface area contributed by atoms with Crippen molar-refractivity contribution in [2.24, 2.45) is 0 Å². The van der Waals surface area contributed by atoms with Crippen LogP contribution >= 0.6 is 12.4 Å². The molecule has 15 heavy (non-hydrogen) atoms. The smallest absolute Gasteiger partial charge is 0.0343 e. The van der Waals surface area contributed by atoms with Gasteiger partial charge < -0.3 is 11.1 Å². The first-order valence-electron chi connectivity index (χ1n) is 5.32. The molecule has 0 amide bonds. The Morgan fingerprint density at radius 1 is 1.07 bits per heavy atom. The van der Waals surface area contributed by atoms with Crippen molar-refractivity contribution >= 4 is 18.1 Å². The highest BCUT2D eigenvalue weighted by Crippen LogP contribution is 2.06. The van der Waals surface area contributed by atoms with Gasteiger partial charge in [0.05, 0.1) is 0 Å². The van der Waals surface area contributed by atoms with Crippen molar-refractivity contribution in [2.75, 3.05) is 18.8 Å². The largest absolute Gasteiger partial charge is 0.399 e. The van der Waals surface area contributed by atoms with Crippen LogP contribution in [0.4, 0.5) is 5.69 Å². The van der Waals surface area contributed by atoms with E-state index in [2.05, 4.69) is 5.32 Å². The maximum Gasteiger partial charge on any atom is 0.0343 e. The molecule has 1 heterocycles. The van der Waals surface area contributed by atoms with Crippen LogP contribution in [0.25, 0.3) is 0 Å². The minimum absolute atomic E-state index is 0. The zero-order valence-electron chi connectivity index (χ0n) is 9.33. The Kier molecular flexibility index (Phi) is 8.15. The zero-order chi connectivity index (χ0) is 10.2. The Hall–Kier alpha value is -0.730. The number of nitrogens with two attached hydrogens (primary N) is 1. The topological polar surface area (TPSA) is 38.0 Å². The number of hydrogen-bond donors (Lipinski definition) is 2. The predicted octanol–water partition coefficient (Wildman–Crippen LogP) is 2.76. The van der Waals surface area contributed by atoms with Gasteiger partial charge in [-0.25, -0.2) is 0 Å². The van der Waals surface area contributed by atoms with Crippen LogP contribution in [0.2, 0.25) is 0 Å². The lowest BCUT2D eigenvalue weighted by atomic mass is 10.2. The fraction of sp³-hybridized carbons (Fsp3) is 0.500. The highest BCUT2D eigenvalue weighted by Gasteiger charge is 1.93. The number of benzene rings is 1. The van der Waals surface area contributed by atoms with Crippen molar-refractivity contribution < 1.29 is 0 Å². The molecule has 1 aliphatic heterocycles. The van der Waals surface area contributed by atoms with Crippen molar-refractivity contribution in [1.82, 2.24) is 5.32 Å². The van der Waals surface area contributed by atoms with E-state index in [0.29, 0.717) is 0 Å². The number of rotatable bonds is 0. The molecule has 0 aliphatic carbocycles. The molecule has 0 atom stereocenters. The number of nitrogen functional groups attached to an aromatic ring is 1. The maximum absolute atomic E-state index is 5.52. The normalized spacial score (nSPS) is 14.5. The molecule has 1 fully saturated rings. The van der Waals surface area contributed by atoms with Crippen molar-refractivity contribution in [2.45, 2.75) is 26.2 Å². The molecule has 1 aromatic rings. The SMILES string of the molecule is C1CCNCC1.Cc1ccccc1N.Cl. The number of aryl methyl sites for hydroxylation is 1. The van der Waals surface area contributed by atoms with Gasteiger partial charge in [0.2, 0.25) is 0 Å². The van der Waals surface area contributed by atoms with Gasteiger partial charge in [-0.05, 0) is 44.5 Å².